The molecule has 0 atom stereocenters. The Kier molecular flexibility index (Phi) is 6.03. The van der Waals surface area contributed by atoms with Crippen LogP contribution < -0.4 is 10.6 Å². The number of rotatable bonds is 7. The summed E-state index contributed by atoms with van der Waals surface area (Å²) >= 11 is 0. The number of aromatic nitrogens is 1. The van der Waals surface area contributed by atoms with Crippen LogP contribution in [0.15, 0.2) is 18.3 Å². The van der Waals surface area contributed by atoms with Crippen molar-refractivity contribution in [2.45, 2.75) is 13.3 Å². The first kappa shape index (κ1) is 13.4. The fourth-order valence-corrected chi connectivity index (χ4v) is 1.30. The van der Waals surface area contributed by atoms with E-state index in [0.29, 0.717) is 25.3 Å². The molecule has 1 rings (SSSR count). The minimum absolute atomic E-state index is 0.100. The van der Waals surface area contributed by atoms with Gasteiger partial charge in [0, 0.05) is 33.0 Å². The van der Waals surface area contributed by atoms with Gasteiger partial charge < -0.3 is 15.4 Å². The summed E-state index contributed by atoms with van der Waals surface area (Å²) in [5.41, 5.74) is 0.570. The number of anilines is 1. The summed E-state index contributed by atoms with van der Waals surface area (Å²) in [4.78, 5) is 15.7. The standard InChI is InChI=1S/C12H19N3O2/c1-3-17-8-4-7-14-12(16)10-5-6-11(13-2)15-9-10/h5-6,9H,3-4,7-8H2,1-2H3,(H,13,15)(H,14,16). The molecule has 1 aromatic heterocycles. The van der Waals surface area contributed by atoms with Gasteiger partial charge in [0.15, 0.2) is 0 Å². The summed E-state index contributed by atoms with van der Waals surface area (Å²) in [6.45, 7) is 3.96. The highest BCUT2D eigenvalue weighted by Gasteiger charge is 2.04. The van der Waals surface area contributed by atoms with Crippen LogP contribution in [0, 0.1) is 0 Å². The largest absolute Gasteiger partial charge is 0.382 e. The van der Waals surface area contributed by atoms with Gasteiger partial charge in [0.2, 0.25) is 0 Å². The van der Waals surface area contributed by atoms with Gasteiger partial charge in [0.25, 0.3) is 5.91 Å². The zero-order valence-electron chi connectivity index (χ0n) is 10.3. The molecule has 1 amide bonds. The summed E-state index contributed by atoms with van der Waals surface area (Å²) in [6.07, 6.45) is 2.38. The van der Waals surface area contributed by atoms with Crippen molar-refractivity contribution in [2.75, 3.05) is 32.1 Å². The predicted octanol–water partition coefficient (Wildman–Crippen LogP) is 1.28. The third-order valence-electron chi connectivity index (χ3n) is 2.24. The van der Waals surface area contributed by atoms with E-state index in [9.17, 15) is 4.79 Å². The van der Waals surface area contributed by atoms with Gasteiger partial charge in [-0.15, -0.1) is 0 Å². The van der Waals surface area contributed by atoms with E-state index in [-0.39, 0.29) is 5.91 Å². The number of hydrogen-bond acceptors (Lipinski definition) is 4. The number of nitrogens with zero attached hydrogens (tertiary/aromatic N) is 1. The van der Waals surface area contributed by atoms with Gasteiger partial charge in [0.1, 0.15) is 5.82 Å². The molecule has 1 heterocycles. The maximum atomic E-state index is 11.7. The van der Waals surface area contributed by atoms with Crippen LogP contribution in [0.1, 0.15) is 23.7 Å². The van der Waals surface area contributed by atoms with Crippen molar-refractivity contribution in [1.29, 1.82) is 0 Å². The van der Waals surface area contributed by atoms with E-state index in [1.54, 1.807) is 25.4 Å². The smallest absolute Gasteiger partial charge is 0.252 e. The van der Waals surface area contributed by atoms with Crippen LogP contribution in [-0.4, -0.2) is 37.7 Å². The summed E-state index contributed by atoms with van der Waals surface area (Å²) in [5.74, 6) is 0.648. The Balaban J connectivity index is 2.31. The Morgan fingerprint density at radius 2 is 2.29 bits per heavy atom. The molecule has 5 heteroatoms. The molecule has 0 saturated carbocycles. The molecule has 0 aromatic carbocycles. The number of ether oxygens (including phenoxy) is 1. The van der Waals surface area contributed by atoms with E-state index < -0.39 is 0 Å². The Hall–Kier alpha value is -1.62. The fourth-order valence-electron chi connectivity index (χ4n) is 1.30. The average molecular weight is 237 g/mol. The molecule has 0 fully saturated rings. The van der Waals surface area contributed by atoms with Crippen molar-refractivity contribution in [2.24, 2.45) is 0 Å². The Bertz CT molecular complexity index is 338. The normalized spacial score (nSPS) is 10.0. The third kappa shape index (κ3) is 4.82. The van der Waals surface area contributed by atoms with Crippen molar-refractivity contribution < 1.29 is 9.53 Å². The molecule has 0 bridgehead atoms. The summed E-state index contributed by atoms with van der Waals surface area (Å²) < 4.78 is 5.18. The fraction of sp³-hybridized carbons (Fsp3) is 0.500. The van der Waals surface area contributed by atoms with E-state index in [1.165, 1.54) is 0 Å². The van der Waals surface area contributed by atoms with Crippen LogP contribution in [0.4, 0.5) is 5.82 Å². The van der Waals surface area contributed by atoms with Crippen molar-refractivity contribution in [3.05, 3.63) is 23.9 Å². The first-order valence-electron chi connectivity index (χ1n) is 5.77. The molecule has 1 aromatic rings. The quantitative estimate of drug-likeness (QED) is 0.701. The van der Waals surface area contributed by atoms with Gasteiger partial charge in [-0.2, -0.15) is 0 Å². The zero-order valence-corrected chi connectivity index (χ0v) is 10.3. The van der Waals surface area contributed by atoms with E-state index >= 15 is 0 Å². The molecule has 0 spiro atoms. The highest BCUT2D eigenvalue weighted by atomic mass is 16.5. The number of nitrogens with one attached hydrogen (secondary N) is 2. The van der Waals surface area contributed by atoms with Gasteiger partial charge >= 0.3 is 0 Å². The highest BCUT2D eigenvalue weighted by molar-refractivity contribution is 5.93. The molecular weight excluding hydrogens is 218 g/mol. The number of carbonyl (C=O) groups is 1. The van der Waals surface area contributed by atoms with Crippen LogP contribution in [0.2, 0.25) is 0 Å². The monoisotopic (exact) mass is 237 g/mol. The second-order valence-electron chi connectivity index (χ2n) is 3.49. The molecule has 0 radical (unpaired) electrons. The second kappa shape index (κ2) is 7.62. The summed E-state index contributed by atoms with van der Waals surface area (Å²) in [5, 5.41) is 5.72. The van der Waals surface area contributed by atoms with Gasteiger partial charge in [-0.05, 0) is 25.5 Å². The lowest BCUT2D eigenvalue weighted by molar-refractivity contribution is 0.0944. The molecular formula is C12H19N3O2. The lowest BCUT2D eigenvalue weighted by Crippen LogP contribution is -2.25. The molecule has 0 saturated heterocycles. The minimum atomic E-state index is -0.100. The number of carbonyl (C=O) groups excluding carboxylic acids is 1. The second-order valence-corrected chi connectivity index (χ2v) is 3.49. The predicted molar refractivity (Wildman–Crippen MR) is 67.2 cm³/mol. The molecule has 0 aliphatic heterocycles. The molecule has 0 unspecified atom stereocenters. The van der Waals surface area contributed by atoms with E-state index in [4.69, 9.17) is 4.74 Å². The van der Waals surface area contributed by atoms with Crippen LogP contribution in [0.3, 0.4) is 0 Å². The highest BCUT2D eigenvalue weighted by Crippen LogP contribution is 2.03. The molecule has 2 N–H and O–H groups in total. The Morgan fingerprint density at radius 3 is 2.88 bits per heavy atom. The van der Waals surface area contributed by atoms with Crippen molar-refractivity contribution in [1.82, 2.24) is 10.3 Å². The van der Waals surface area contributed by atoms with Crippen LogP contribution in [0.5, 0.6) is 0 Å². The first-order valence-corrected chi connectivity index (χ1v) is 5.77. The number of amides is 1. The van der Waals surface area contributed by atoms with Gasteiger partial charge in [-0.3, -0.25) is 4.79 Å². The van der Waals surface area contributed by atoms with Crippen molar-refractivity contribution in [3.8, 4) is 0 Å². The van der Waals surface area contributed by atoms with Crippen LogP contribution >= 0.6 is 0 Å². The van der Waals surface area contributed by atoms with E-state index in [1.807, 2.05) is 6.92 Å². The Labute approximate surface area is 102 Å². The zero-order chi connectivity index (χ0) is 12.5. The van der Waals surface area contributed by atoms with Crippen molar-refractivity contribution >= 4 is 11.7 Å². The molecule has 94 valence electrons. The lowest BCUT2D eigenvalue weighted by atomic mass is 10.2. The van der Waals surface area contributed by atoms with Crippen LogP contribution in [0.25, 0.3) is 0 Å². The van der Waals surface area contributed by atoms with E-state index in [0.717, 1.165) is 12.2 Å². The maximum absolute atomic E-state index is 11.7. The molecule has 0 aliphatic carbocycles. The average Bonchev–Trinajstić information content (AvgIpc) is 2.38. The van der Waals surface area contributed by atoms with E-state index in [2.05, 4.69) is 15.6 Å². The van der Waals surface area contributed by atoms with Gasteiger partial charge in [0.05, 0.1) is 5.56 Å². The minimum Gasteiger partial charge on any atom is -0.382 e. The number of hydrogen-bond donors (Lipinski definition) is 2. The SMILES string of the molecule is CCOCCCNC(=O)c1ccc(NC)nc1. The van der Waals surface area contributed by atoms with Gasteiger partial charge in [-0.1, -0.05) is 0 Å². The van der Waals surface area contributed by atoms with Crippen LogP contribution in [-0.2, 0) is 4.74 Å². The molecule has 0 aliphatic rings. The maximum Gasteiger partial charge on any atom is 0.252 e. The summed E-state index contributed by atoms with van der Waals surface area (Å²) in [6, 6.07) is 3.52. The lowest BCUT2D eigenvalue weighted by Gasteiger charge is -2.05. The number of pyridine rings is 1. The topological polar surface area (TPSA) is 63.2 Å². The summed E-state index contributed by atoms with van der Waals surface area (Å²) in [7, 11) is 1.79. The third-order valence-corrected chi connectivity index (χ3v) is 2.24. The molecule has 5 nitrogen and oxygen atoms in total. The first-order chi connectivity index (χ1) is 8.27. The van der Waals surface area contributed by atoms with Gasteiger partial charge in [-0.25, -0.2) is 4.98 Å². The molecule has 17 heavy (non-hydrogen) atoms. The van der Waals surface area contributed by atoms with Crippen molar-refractivity contribution in [3.63, 3.8) is 0 Å². The Morgan fingerprint density at radius 1 is 1.47 bits per heavy atom.